The van der Waals surface area contributed by atoms with Crippen LogP contribution in [0.2, 0.25) is 0 Å². The molecule has 20 heavy (non-hydrogen) atoms. The minimum atomic E-state index is 0.140. The van der Waals surface area contributed by atoms with E-state index in [1.165, 1.54) is 11.4 Å². The van der Waals surface area contributed by atoms with Crippen LogP contribution in [0.5, 0.6) is 0 Å². The zero-order chi connectivity index (χ0) is 14.9. The molecule has 2 heterocycles. The molecule has 0 fully saturated rings. The van der Waals surface area contributed by atoms with Gasteiger partial charge in [-0.1, -0.05) is 33.8 Å². The van der Waals surface area contributed by atoms with E-state index in [2.05, 4.69) is 49.2 Å². The Morgan fingerprint density at radius 3 is 2.30 bits per heavy atom. The Labute approximate surface area is 121 Å². The van der Waals surface area contributed by atoms with E-state index < -0.39 is 0 Å². The van der Waals surface area contributed by atoms with E-state index in [1.54, 1.807) is 6.20 Å². The Kier molecular flexibility index (Phi) is 4.12. The van der Waals surface area contributed by atoms with E-state index in [4.69, 9.17) is 5.73 Å². The summed E-state index contributed by atoms with van der Waals surface area (Å²) in [5, 5.41) is 0. The van der Waals surface area contributed by atoms with E-state index in [-0.39, 0.29) is 6.04 Å². The number of nitrogen functional groups attached to an aromatic ring is 1. The molecule has 0 saturated carbocycles. The maximum Gasteiger partial charge on any atom is 0.128 e. The minimum absolute atomic E-state index is 0.140. The molecule has 1 unspecified atom stereocenters. The van der Waals surface area contributed by atoms with Crippen molar-refractivity contribution < 1.29 is 0 Å². The summed E-state index contributed by atoms with van der Waals surface area (Å²) in [5.41, 5.74) is 9.51. The lowest BCUT2D eigenvalue weighted by Gasteiger charge is -2.21. The van der Waals surface area contributed by atoms with Crippen LogP contribution in [0.1, 0.15) is 69.4 Å². The summed E-state index contributed by atoms with van der Waals surface area (Å²) in [6.45, 7) is 10.9. The van der Waals surface area contributed by atoms with Gasteiger partial charge in [-0.3, -0.25) is 0 Å². The number of anilines is 1. The molecule has 2 aromatic heterocycles. The molecule has 0 aliphatic rings. The van der Waals surface area contributed by atoms with Crippen LogP contribution in [-0.4, -0.2) is 14.5 Å². The van der Waals surface area contributed by atoms with E-state index in [0.29, 0.717) is 17.7 Å². The second kappa shape index (κ2) is 5.65. The van der Waals surface area contributed by atoms with Crippen molar-refractivity contribution in [3.63, 3.8) is 0 Å². The largest absolute Gasteiger partial charge is 0.383 e. The maximum atomic E-state index is 6.01. The molecule has 4 heteroatoms. The van der Waals surface area contributed by atoms with Crippen molar-refractivity contribution in [2.75, 3.05) is 5.73 Å². The Bertz CT molecular complexity index is 584. The van der Waals surface area contributed by atoms with Crippen molar-refractivity contribution in [3.8, 4) is 0 Å². The molecule has 0 saturated heterocycles. The Hall–Kier alpha value is -1.84. The molecule has 4 nitrogen and oxygen atoms in total. The first kappa shape index (κ1) is 14.6. The molecule has 0 amide bonds. The van der Waals surface area contributed by atoms with Crippen LogP contribution in [0.4, 0.5) is 5.82 Å². The summed E-state index contributed by atoms with van der Waals surface area (Å²) in [4.78, 5) is 8.80. The molecule has 0 bridgehead atoms. The van der Waals surface area contributed by atoms with Gasteiger partial charge in [0.05, 0.1) is 18.1 Å². The Morgan fingerprint density at radius 2 is 1.75 bits per heavy atom. The molecule has 0 spiro atoms. The van der Waals surface area contributed by atoms with Gasteiger partial charge in [0, 0.05) is 17.5 Å². The summed E-state index contributed by atoms with van der Waals surface area (Å²) < 4.78 is 2.23. The van der Waals surface area contributed by atoms with Crippen molar-refractivity contribution in [1.82, 2.24) is 14.5 Å². The third-order valence-electron chi connectivity index (χ3n) is 3.69. The Morgan fingerprint density at radius 1 is 1.05 bits per heavy atom. The second-order valence-electron chi connectivity index (χ2n) is 5.89. The van der Waals surface area contributed by atoms with Crippen LogP contribution < -0.4 is 5.73 Å². The molecule has 0 aliphatic heterocycles. The number of nitrogens with zero attached hydrogens (tertiary/aromatic N) is 3. The summed E-state index contributed by atoms with van der Waals surface area (Å²) in [6.07, 6.45) is 3.66. The highest BCUT2D eigenvalue weighted by Gasteiger charge is 2.21. The maximum absolute atomic E-state index is 6.01. The first-order valence-corrected chi connectivity index (χ1v) is 7.20. The molecule has 2 aromatic rings. The molecule has 0 aliphatic carbocycles. The number of pyridine rings is 1. The lowest BCUT2D eigenvalue weighted by atomic mass is 10.00. The van der Waals surface area contributed by atoms with Gasteiger partial charge in [-0.15, -0.1) is 0 Å². The van der Waals surface area contributed by atoms with Crippen LogP contribution in [0.3, 0.4) is 0 Å². The zero-order valence-corrected chi connectivity index (χ0v) is 13.0. The van der Waals surface area contributed by atoms with Crippen molar-refractivity contribution in [1.29, 1.82) is 0 Å². The molecular weight excluding hydrogens is 248 g/mol. The normalized spacial score (nSPS) is 13.2. The van der Waals surface area contributed by atoms with E-state index in [0.717, 1.165) is 5.56 Å². The smallest absolute Gasteiger partial charge is 0.128 e. The third-order valence-corrected chi connectivity index (χ3v) is 3.69. The highest BCUT2D eigenvalue weighted by atomic mass is 15.1. The summed E-state index contributed by atoms with van der Waals surface area (Å²) in [7, 11) is 0. The van der Waals surface area contributed by atoms with Crippen molar-refractivity contribution in [2.24, 2.45) is 0 Å². The number of imidazole rings is 1. The summed E-state index contributed by atoms with van der Waals surface area (Å²) in [5.74, 6) is 1.44. The first-order valence-electron chi connectivity index (χ1n) is 7.20. The van der Waals surface area contributed by atoms with Crippen LogP contribution in [0.15, 0.2) is 24.7 Å². The van der Waals surface area contributed by atoms with Crippen LogP contribution in [0, 0.1) is 0 Å². The van der Waals surface area contributed by atoms with Gasteiger partial charge in [-0.05, 0) is 24.8 Å². The SMILES string of the molecule is CC(C)c1ncn(C(C)c2cccnc2N)c1C(C)C. The van der Waals surface area contributed by atoms with Crippen LogP contribution in [-0.2, 0) is 0 Å². The van der Waals surface area contributed by atoms with Gasteiger partial charge in [0.15, 0.2) is 0 Å². The quantitative estimate of drug-likeness (QED) is 0.923. The standard InChI is InChI=1S/C16H24N4/c1-10(2)14-15(11(3)4)20(9-19-14)12(5)13-7-6-8-18-16(13)17/h6-12H,1-5H3,(H2,17,18). The monoisotopic (exact) mass is 272 g/mol. The Balaban J connectivity index is 2.50. The molecule has 2 N–H and O–H groups in total. The van der Waals surface area contributed by atoms with Crippen molar-refractivity contribution in [2.45, 2.75) is 52.5 Å². The van der Waals surface area contributed by atoms with Gasteiger partial charge < -0.3 is 10.3 Å². The lowest BCUT2D eigenvalue weighted by Crippen LogP contribution is -2.14. The average Bonchev–Trinajstić information content (AvgIpc) is 2.83. The van der Waals surface area contributed by atoms with E-state index >= 15 is 0 Å². The van der Waals surface area contributed by atoms with Gasteiger partial charge >= 0.3 is 0 Å². The summed E-state index contributed by atoms with van der Waals surface area (Å²) >= 11 is 0. The highest BCUT2D eigenvalue weighted by molar-refractivity contribution is 5.41. The number of hydrogen-bond acceptors (Lipinski definition) is 3. The van der Waals surface area contributed by atoms with Crippen LogP contribution >= 0.6 is 0 Å². The topological polar surface area (TPSA) is 56.7 Å². The molecule has 2 rings (SSSR count). The number of aromatic nitrogens is 3. The van der Waals surface area contributed by atoms with E-state index in [1.807, 2.05) is 18.5 Å². The van der Waals surface area contributed by atoms with E-state index in [9.17, 15) is 0 Å². The lowest BCUT2D eigenvalue weighted by molar-refractivity contribution is 0.583. The van der Waals surface area contributed by atoms with Gasteiger partial charge in [0.2, 0.25) is 0 Å². The number of hydrogen-bond donors (Lipinski definition) is 1. The summed E-state index contributed by atoms with van der Waals surface area (Å²) in [6, 6.07) is 4.10. The third kappa shape index (κ3) is 2.55. The van der Waals surface area contributed by atoms with Gasteiger partial charge in [0.1, 0.15) is 5.82 Å². The highest BCUT2D eigenvalue weighted by Crippen LogP contribution is 2.31. The molecule has 0 radical (unpaired) electrons. The second-order valence-corrected chi connectivity index (χ2v) is 5.89. The molecule has 108 valence electrons. The van der Waals surface area contributed by atoms with Crippen molar-refractivity contribution in [3.05, 3.63) is 41.6 Å². The zero-order valence-electron chi connectivity index (χ0n) is 13.0. The molecular formula is C16H24N4. The fraction of sp³-hybridized carbons (Fsp3) is 0.500. The van der Waals surface area contributed by atoms with Gasteiger partial charge in [-0.2, -0.15) is 0 Å². The van der Waals surface area contributed by atoms with Gasteiger partial charge in [0.25, 0.3) is 0 Å². The molecule has 1 atom stereocenters. The predicted octanol–water partition coefficient (Wildman–Crippen LogP) is 3.72. The fourth-order valence-electron chi connectivity index (χ4n) is 2.67. The predicted molar refractivity (Wildman–Crippen MR) is 82.9 cm³/mol. The van der Waals surface area contributed by atoms with Gasteiger partial charge in [-0.25, -0.2) is 9.97 Å². The molecule has 0 aromatic carbocycles. The van der Waals surface area contributed by atoms with Crippen LogP contribution in [0.25, 0.3) is 0 Å². The number of nitrogens with two attached hydrogens (primary N) is 1. The van der Waals surface area contributed by atoms with Crippen molar-refractivity contribution >= 4 is 5.82 Å². The first-order chi connectivity index (χ1) is 9.43. The minimum Gasteiger partial charge on any atom is -0.383 e. The average molecular weight is 272 g/mol. The fourth-order valence-corrected chi connectivity index (χ4v) is 2.67. The number of rotatable bonds is 4.